The molecule has 0 spiro atoms. The van der Waals surface area contributed by atoms with E-state index in [2.05, 4.69) is 10.3 Å². The van der Waals surface area contributed by atoms with Crippen molar-refractivity contribution in [2.45, 2.75) is 31.4 Å². The Morgan fingerprint density at radius 1 is 1.26 bits per heavy atom. The molecular formula is C15H18N2O2. The molecule has 1 aromatic carbocycles. The second-order valence-corrected chi connectivity index (χ2v) is 5.14. The average molecular weight is 258 g/mol. The largest absolute Gasteiger partial charge is 0.387 e. The minimum Gasteiger partial charge on any atom is -0.387 e. The molecule has 1 saturated heterocycles. The fourth-order valence-electron chi connectivity index (χ4n) is 2.84. The minimum absolute atomic E-state index is 0.0407. The van der Waals surface area contributed by atoms with Gasteiger partial charge >= 0.3 is 0 Å². The van der Waals surface area contributed by atoms with Crippen LogP contribution in [0.1, 0.15) is 30.9 Å². The summed E-state index contributed by atoms with van der Waals surface area (Å²) in [6, 6.07) is 9.16. The van der Waals surface area contributed by atoms with Crippen LogP contribution in [-0.4, -0.2) is 22.7 Å². The molecule has 0 aliphatic carbocycles. The van der Waals surface area contributed by atoms with E-state index in [1.807, 2.05) is 24.3 Å². The monoisotopic (exact) mass is 258 g/mol. The zero-order valence-corrected chi connectivity index (χ0v) is 10.7. The zero-order valence-electron chi connectivity index (χ0n) is 10.7. The van der Waals surface area contributed by atoms with Crippen molar-refractivity contribution in [3.8, 4) is 0 Å². The molecule has 3 N–H and O–H groups in total. The molecule has 0 bridgehead atoms. The smallest absolute Gasteiger partial charge is 0.248 e. The summed E-state index contributed by atoms with van der Waals surface area (Å²) in [6.45, 7) is 0.933. The Hall–Kier alpha value is -1.65. The van der Waals surface area contributed by atoms with Gasteiger partial charge in [-0.05, 0) is 31.0 Å². The van der Waals surface area contributed by atoms with Crippen LogP contribution in [0.2, 0.25) is 0 Å². The second-order valence-electron chi connectivity index (χ2n) is 5.14. The lowest BCUT2D eigenvalue weighted by Gasteiger charge is -2.28. The number of fused-ring (bicyclic) bond motifs is 1. The third-order valence-electron chi connectivity index (χ3n) is 3.83. The number of hydrogen-bond donors (Lipinski definition) is 3. The van der Waals surface area contributed by atoms with E-state index in [4.69, 9.17) is 0 Å². The Bertz CT molecular complexity index is 629. The summed E-state index contributed by atoms with van der Waals surface area (Å²) in [4.78, 5) is 14.5. The number of rotatable bonds is 2. The van der Waals surface area contributed by atoms with Crippen LogP contribution in [0.15, 0.2) is 35.1 Å². The predicted octanol–water partition coefficient (Wildman–Crippen LogP) is 1.70. The van der Waals surface area contributed by atoms with Gasteiger partial charge in [0.05, 0.1) is 6.10 Å². The Kier molecular flexibility index (Phi) is 3.36. The van der Waals surface area contributed by atoms with E-state index in [1.165, 1.54) is 6.07 Å². The van der Waals surface area contributed by atoms with E-state index in [0.717, 1.165) is 42.3 Å². The number of para-hydroxylation sites is 1. The number of aromatic amines is 1. The maximum atomic E-state index is 11.7. The molecule has 1 fully saturated rings. The van der Waals surface area contributed by atoms with Gasteiger partial charge in [-0.25, -0.2) is 0 Å². The van der Waals surface area contributed by atoms with Gasteiger partial charge in [0, 0.05) is 23.0 Å². The molecule has 19 heavy (non-hydrogen) atoms. The number of benzene rings is 1. The third-order valence-corrected chi connectivity index (χ3v) is 3.83. The van der Waals surface area contributed by atoms with Crippen molar-refractivity contribution < 1.29 is 5.11 Å². The standard InChI is InChI=1S/C15H18N2O2/c18-14-9-11(10-5-1-2-6-12(10)17-14)15(19)13-7-3-4-8-16-13/h1-2,5-6,9,13,15-16,19H,3-4,7-8H2,(H,17,18). The van der Waals surface area contributed by atoms with E-state index in [0.29, 0.717) is 0 Å². The van der Waals surface area contributed by atoms with Crippen LogP contribution in [0.25, 0.3) is 10.9 Å². The molecule has 1 aliphatic heterocycles. The van der Waals surface area contributed by atoms with Gasteiger partial charge in [-0.1, -0.05) is 24.6 Å². The quantitative estimate of drug-likeness (QED) is 0.768. The lowest BCUT2D eigenvalue weighted by atomic mass is 9.93. The maximum absolute atomic E-state index is 11.7. The lowest BCUT2D eigenvalue weighted by Crippen LogP contribution is -2.39. The topological polar surface area (TPSA) is 65.1 Å². The molecule has 2 aromatic rings. The highest BCUT2D eigenvalue weighted by molar-refractivity contribution is 5.82. The van der Waals surface area contributed by atoms with Crippen LogP contribution in [-0.2, 0) is 0 Å². The van der Waals surface area contributed by atoms with Crippen LogP contribution in [0.4, 0.5) is 0 Å². The third kappa shape index (κ3) is 2.41. The number of piperidine rings is 1. The van der Waals surface area contributed by atoms with Gasteiger partial charge in [-0.15, -0.1) is 0 Å². The van der Waals surface area contributed by atoms with Crippen LogP contribution in [0.5, 0.6) is 0 Å². The van der Waals surface area contributed by atoms with Gasteiger partial charge in [-0.3, -0.25) is 4.79 Å². The first kappa shape index (κ1) is 12.4. The summed E-state index contributed by atoms with van der Waals surface area (Å²) in [5.74, 6) is 0. The molecule has 2 atom stereocenters. The Labute approximate surface area is 111 Å². The van der Waals surface area contributed by atoms with Crippen molar-refractivity contribution in [3.63, 3.8) is 0 Å². The van der Waals surface area contributed by atoms with E-state index in [9.17, 15) is 9.90 Å². The molecule has 3 rings (SSSR count). The number of aromatic nitrogens is 1. The van der Waals surface area contributed by atoms with Crippen molar-refractivity contribution >= 4 is 10.9 Å². The average Bonchev–Trinajstić information content (AvgIpc) is 2.46. The first-order valence-electron chi connectivity index (χ1n) is 6.79. The van der Waals surface area contributed by atoms with Gasteiger partial charge in [0.15, 0.2) is 0 Å². The van der Waals surface area contributed by atoms with E-state index < -0.39 is 6.10 Å². The maximum Gasteiger partial charge on any atom is 0.248 e. The molecule has 100 valence electrons. The fourth-order valence-corrected chi connectivity index (χ4v) is 2.84. The molecule has 2 unspecified atom stereocenters. The number of aliphatic hydroxyl groups excluding tert-OH is 1. The molecule has 2 heterocycles. The summed E-state index contributed by atoms with van der Waals surface area (Å²) in [5.41, 5.74) is 1.34. The molecule has 0 amide bonds. The van der Waals surface area contributed by atoms with Crippen LogP contribution >= 0.6 is 0 Å². The number of nitrogens with one attached hydrogen (secondary N) is 2. The second kappa shape index (κ2) is 5.15. The highest BCUT2D eigenvalue weighted by Crippen LogP contribution is 2.27. The fraction of sp³-hybridized carbons (Fsp3) is 0.400. The van der Waals surface area contributed by atoms with E-state index >= 15 is 0 Å². The van der Waals surface area contributed by atoms with Crippen molar-refractivity contribution in [1.29, 1.82) is 0 Å². The predicted molar refractivity (Wildman–Crippen MR) is 75.2 cm³/mol. The molecule has 1 aromatic heterocycles. The summed E-state index contributed by atoms with van der Waals surface area (Å²) >= 11 is 0. The summed E-state index contributed by atoms with van der Waals surface area (Å²) < 4.78 is 0. The minimum atomic E-state index is -0.632. The molecule has 4 heteroatoms. The van der Waals surface area contributed by atoms with Gasteiger partial charge in [0.2, 0.25) is 5.56 Å². The Morgan fingerprint density at radius 3 is 2.89 bits per heavy atom. The molecular weight excluding hydrogens is 240 g/mol. The Morgan fingerprint density at radius 2 is 2.11 bits per heavy atom. The summed E-state index contributed by atoms with van der Waals surface area (Å²) in [6.07, 6.45) is 2.59. The van der Waals surface area contributed by atoms with Gasteiger partial charge in [0.25, 0.3) is 0 Å². The number of pyridine rings is 1. The van der Waals surface area contributed by atoms with Crippen LogP contribution < -0.4 is 10.9 Å². The molecule has 0 saturated carbocycles. The van der Waals surface area contributed by atoms with Crippen molar-refractivity contribution in [2.75, 3.05) is 6.54 Å². The van der Waals surface area contributed by atoms with Crippen LogP contribution in [0.3, 0.4) is 0 Å². The number of H-pyrrole nitrogens is 1. The first-order valence-corrected chi connectivity index (χ1v) is 6.79. The van der Waals surface area contributed by atoms with E-state index in [-0.39, 0.29) is 11.6 Å². The van der Waals surface area contributed by atoms with Gasteiger partial charge < -0.3 is 15.4 Å². The van der Waals surface area contributed by atoms with Gasteiger partial charge in [-0.2, -0.15) is 0 Å². The van der Waals surface area contributed by atoms with Crippen LogP contribution in [0, 0.1) is 0 Å². The number of hydrogen-bond acceptors (Lipinski definition) is 3. The normalized spacial score (nSPS) is 21.4. The summed E-state index contributed by atoms with van der Waals surface area (Å²) in [7, 11) is 0. The zero-order chi connectivity index (χ0) is 13.2. The molecule has 1 aliphatic rings. The van der Waals surface area contributed by atoms with Crippen molar-refractivity contribution in [2.24, 2.45) is 0 Å². The molecule has 0 radical (unpaired) electrons. The molecule has 4 nitrogen and oxygen atoms in total. The van der Waals surface area contributed by atoms with Gasteiger partial charge in [0.1, 0.15) is 0 Å². The number of aliphatic hydroxyl groups is 1. The van der Waals surface area contributed by atoms with Crippen molar-refractivity contribution in [3.05, 3.63) is 46.2 Å². The Balaban J connectivity index is 2.05. The van der Waals surface area contributed by atoms with Crippen molar-refractivity contribution in [1.82, 2.24) is 10.3 Å². The SMILES string of the molecule is O=c1cc(C(O)C2CCCCN2)c2ccccc2[nH]1. The van der Waals surface area contributed by atoms with E-state index in [1.54, 1.807) is 0 Å². The summed E-state index contributed by atoms with van der Waals surface area (Å²) in [5, 5.41) is 14.8. The highest BCUT2D eigenvalue weighted by atomic mass is 16.3. The lowest BCUT2D eigenvalue weighted by molar-refractivity contribution is 0.115. The first-order chi connectivity index (χ1) is 9.25. The highest BCUT2D eigenvalue weighted by Gasteiger charge is 2.24.